The van der Waals surface area contributed by atoms with Crippen molar-refractivity contribution in [3.63, 3.8) is 0 Å². The maximum absolute atomic E-state index is 13.4. The quantitative estimate of drug-likeness (QED) is 0.557. The van der Waals surface area contributed by atoms with Crippen molar-refractivity contribution in [2.45, 2.75) is 44.8 Å². The van der Waals surface area contributed by atoms with Crippen LogP contribution < -0.4 is 5.32 Å². The van der Waals surface area contributed by atoms with Gasteiger partial charge in [0.25, 0.3) is 5.91 Å². The lowest BCUT2D eigenvalue weighted by molar-refractivity contribution is -0.142. The number of aryl methyl sites for hydroxylation is 2. The van der Waals surface area contributed by atoms with Crippen molar-refractivity contribution in [3.05, 3.63) is 45.1 Å². The van der Waals surface area contributed by atoms with Gasteiger partial charge >= 0.3 is 6.18 Å². The van der Waals surface area contributed by atoms with Crippen LogP contribution in [-0.4, -0.2) is 36.8 Å². The second-order valence-electron chi connectivity index (χ2n) is 7.15. The van der Waals surface area contributed by atoms with Crippen LogP contribution >= 0.6 is 23.2 Å². The first-order valence-corrected chi connectivity index (χ1v) is 10.0. The van der Waals surface area contributed by atoms with Gasteiger partial charge in [0.05, 0.1) is 11.9 Å². The van der Waals surface area contributed by atoms with Gasteiger partial charge in [-0.3, -0.25) is 9.48 Å². The summed E-state index contributed by atoms with van der Waals surface area (Å²) >= 11 is 12.1. The maximum atomic E-state index is 13.4. The van der Waals surface area contributed by atoms with Crippen molar-refractivity contribution in [2.75, 3.05) is 6.54 Å². The Kier molecular flexibility index (Phi) is 5.39. The van der Waals surface area contributed by atoms with Crippen LogP contribution in [0.2, 0.25) is 10.2 Å². The lowest BCUT2D eigenvalue weighted by atomic mass is 10.2. The fourth-order valence-corrected chi connectivity index (χ4v) is 3.53. The molecule has 4 rings (SSSR count). The number of rotatable bonds is 6. The molecular weight excluding hydrogens is 444 g/mol. The first-order chi connectivity index (χ1) is 14.2. The van der Waals surface area contributed by atoms with E-state index in [1.165, 1.54) is 4.68 Å². The zero-order chi connectivity index (χ0) is 21.6. The Morgan fingerprint density at radius 2 is 2.07 bits per heavy atom. The fraction of sp³-hybridized carbons (Fsp3) is 0.444. The van der Waals surface area contributed by atoms with E-state index < -0.39 is 17.8 Å². The van der Waals surface area contributed by atoms with Gasteiger partial charge in [-0.25, -0.2) is 9.50 Å². The lowest BCUT2D eigenvalue weighted by Gasteiger charge is -2.11. The van der Waals surface area contributed by atoms with Crippen molar-refractivity contribution < 1.29 is 18.0 Å². The molecule has 1 fully saturated rings. The van der Waals surface area contributed by atoms with E-state index >= 15 is 0 Å². The highest BCUT2D eigenvalue weighted by atomic mass is 35.5. The molecule has 0 atom stereocenters. The highest BCUT2D eigenvalue weighted by Crippen LogP contribution is 2.41. The van der Waals surface area contributed by atoms with Gasteiger partial charge in [0.15, 0.2) is 5.65 Å². The van der Waals surface area contributed by atoms with Crippen molar-refractivity contribution in [2.24, 2.45) is 0 Å². The first kappa shape index (κ1) is 20.9. The minimum Gasteiger partial charge on any atom is -0.352 e. The molecule has 0 radical (unpaired) electrons. The standard InChI is InChI=1S/C18H17Cl2F3N6O/c1-9-14(19)15(20)28(27-9)6-2-5-24-17(30)11-8-25-29-13(18(21,22)23)7-12(10-3-4-10)26-16(11)29/h7-8,10H,2-6H2,1H3,(H,24,30). The van der Waals surface area contributed by atoms with Crippen LogP contribution in [0.4, 0.5) is 13.2 Å². The zero-order valence-electron chi connectivity index (χ0n) is 15.8. The Labute approximate surface area is 179 Å². The summed E-state index contributed by atoms with van der Waals surface area (Å²) in [5.74, 6) is -0.546. The molecule has 160 valence electrons. The van der Waals surface area contributed by atoms with Crippen molar-refractivity contribution >= 4 is 34.8 Å². The number of nitrogens with zero attached hydrogens (tertiary/aromatic N) is 5. The highest BCUT2D eigenvalue weighted by Gasteiger charge is 2.37. The van der Waals surface area contributed by atoms with Crippen LogP contribution in [0.15, 0.2) is 12.3 Å². The van der Waals surface area contributed by atoms with Gasteiger partial charge in [0, 0.05) is 24.7 Å². The van der Waals surface area contributed by atoms with Crippen LogP contribution in [0.3, 0.4) is 0 Å². The van der Waals surface area contributed by atoms with E-state index in [-0.39, 0.29) is 23.7 Å². The van der Waals surface area contributed by atoms with Gasteiger partial charge in [-0.05, 0) is 32.3 Å². The van der Waals surface area contributed by atoms with Crippen molar-refractivity contribution in [1.29, 1.82) is 0 Å². The Balaban J connectivity index is 1.49. The molecule has 30 heavy (non-hydrogen) atoms. The third-order valence-electron chi connectivity index (χ3n) is 4.85. The Morgan fingerprint density at radius 1 is 1.33 bits per heavy atom. The predicted octanol–water partition coefficient (Wildman–Crippen LogP) is 4.26. The summed E-state index contributed by atoms with van der Waals surface area (Å²) in [7, 11) is 0. The minimum atomic E-state index is -4.60. The average molecular weight is 461 g/mol. The molecule has 3 aromatic heterocycles. The van der Waals surface area contributed by atoms with E-state index in [2.05, 4.69) is 20.5 Å². The second-order valence-corrected chi connectivity index (χ2v) is 7.89. The number of halogens is 5. The zero-order valence-corrected chi connectivity index (χ0v) is 17.3. The molecule has 0 saturated heterocycles. The number of nitrogens with one attached hydrogen (secondary N) is 1. The van der Waals surface area contributed by atoms with Crippen LogP contribution in [-0.2, 0) is 12.7 Å². The average Bonchev–Trinajstić information content (AvgIpc) is 3.41. The summed E-state index contributed by atoms with van der Waals surface area (Å²) in [6.45, 7) is 2.41. The van der Waals surface area contributed by atoms with Crippen molar-refractivity contribution in [1.82, 2.24) is 29.7 Å². The number of carbonyl (C=O) groups excluding carboxylic acids is 1. The Hall–Kier alpha value is -2.33. The number of amides is 1. The topological polar surface area (TPSA) is 77.1 Å². The third kappa shape index (κ3) is 3.98. The molecule has 1 amide bonds. The largest absolute Gasteiger partial charge is 0.433 e. The van der Waals surface area contributed by atoms with Gasteiger partial charge in [-0.1, -0.05) is 23.2 Å². The molecular formula is C18H17Cl2F3N6O. The molecule has 1 aliphatic carbocycles. The monoisotopic (exact) mass is 460 g/mol. The second kappa shape index (κ2) is 7.73. The van der Waals surface area contributed by atoms with E-state index in [1.54, 1.807) is 6.92 Å². The summed E-state index contributed by atoms with van der Waals surface area (Å²) in [5.41, 5.74) is -0.0881. The summed E-state index contributed by atoms with van der Waals surface area (Å²) < 4.78 is 42.5. The van der Waals surface area contributed by atoms with E-state index in [4.69, 9.17) is 23.2 Å². The van der Waals surface area contributed by atoms with E-state index in [0.717, 1.165) is 25.1 Å². The Bertz CT molecular complexity index is 1120. The predicted molar refractivity (Wildman–Crippen MR) is 104 cm³/mol. The number of aromatic nitrogens is 5. The van der Waals surface area contributed by atoms with E-state index in [0.29, 0.717) is 39.0 Å². The van der Waals surface area contributed by atoms with Gasteiger partial charge in [0.2, 0.25) is 0 Å². The number of hydrogen-bond donors (Lipinski definition) is 1. The first-order valence-electron chi connectivity index (χ1n) is 9.29. The third-order valence-corrected chi connectivity index (χ3v) is 5.78. The summed E-state index contributed by atoms with van der Waals surface area (Å²) in [5, 5.41) is 11.3. The van der Waals surface area contributed by atoms with Crippen LogP contribution in [0, 0.1) is 6.92 Å². The normalized spacial score (nSPS) is 14.5. The molecule has 1 aliphatic rings. The molecule has 12 heteroatoms. The smallest absolute Gasteiger partial charge is 0.352 e. The number of carbonyl (C=O) groups is 1. The summed E-state index contributed by atoms with van der Waals surface area (Å²) in [6, 6.07) is 1.01. The lowest BCUT2D eigenvalue weighted by Crippen LogP contribution is -2.25. The molecule has 0 aromatic carbocycles. The summed E-state index contributed by atoms with van der Waals surface area (Å²) in [4.78, 5) is 16.8. The number of hydrogen-bond acceptors (Lipinski definition) is 4. The van der Waals surface area contributed by atoms with Gasteiger partial charge in [-0.15, -0.1) is 0 Å². The van der Waals surface area contributed by atoms with Gasteiger partial charge in [-0.2, -0.15) is 23.4 Å². The van der Waals surface area contributed by atoms with Gasteiger partial charge in [0.1, 0.15) is 21.4 Å². The maximum Gasteiger partial charge on any atom is 0.433 e. The minimum absolute atomic E-state index is 0.000916. The highest BCUT2D eigenvalue weighted by molar-refractivity contribution is 6.41. The molecule has 0 aliphatic heterocycles. The van der Waals surface area contributed by atoms with Crippen LogP contribution in [0.1, 0.15) is 52.6 Å². The van der Waals surface area contributed by atoms with Crippen molar-refractivity contribution in [3.8, 4) is 0 Å². The van der Waals surface area contributed by atoms with Crippen LogP contribution in [0.25, 0.3) is 5.65 Å². The number of alkyl halides is 3. The SMILES string of the molecule is Cc1nn(CCCNC(=O)c2cnn3c(C(F)(F)F)cc(C4CC4)nc23)c(Cl)c1Cl. The molecule has 0 unspecified atom stereocenters. The number of fused-ring (bicyclic) bond motifs is 1. The summed E-state index contributed by atoms with van der Waals surface area (Å²) in [6.07, 6.45) is -1.42. The molecule has 3 aromatic rings. The fourth-order valence-electron chi connectivity index (χ4n) is 3.14. The van der Waals surface area contributed by atoms with Gasteiger partial charge < -0.3 is 5.32 Å². The van der Waals surface area contributed by atoms with E-state index in [1.807, 2.05) is 0 Å². The van der Waals surface area contributed by atoms with Crippen LogP contribution in [0.5, 0.6) is 0 Å². The van der Waals surface area contributed by atoms with E-state index in [9.17, 15) is 18.0 Å². The molecule has 3 heterocycles. The molecule has 1 saturated carbocycles. The molecule has 1 N–H and O–H groups in total. The molecule has 7 nitrogen and oxygen atoms in total. The molecule has 0 spiro atoms. The molecule has 0 bridgehead atoms. The Morgan fingerprint density at radius 3 is 2.67 bits per heavy atom.